The predicted molar refractivity (Wildman–Crippen MR) is 103 cm³/mol. The van der Waals surface area contributed by atoms with Crippen molar-refractivity contribution in [2.24, 2.45) is 0 Å². The fourth-order valence-corrected chi connectivity index (χ4v) is 2.70. The molecule has 0 radical (unpaired) electrons. The lowest BCUT2D eigenvalue weighted by molar-refractivity contribution is 0.837. The van der Waals surface area contributed by atoms with Crippen LogP contribution in [-0.2, 0) is 0 Å². The first-order valence-corrected chi connectivity index (χ1v) is 8.52. The van der Waals surface area contributed by atoms with Crippen LogP contribution in [0.2, 0.25) is 0 Å². The van der Waals surface area contributed by atoms with Gasteiger partial charge in [-0.3, -0.25) is 0 Å². The van der Waals surface area contributed by atoms with Gasteiger partial charge in [0, 0.05) is 24.0 Å². The lowest BCUT2D eigenvalue weighted by Gasteiger charge is -2.20. The van der Waals surface area contributed by atoms with Crippen LogP contribution in [-0.4, -0.2) is 16.5 Å². The van der Waals surface area contributed by atoms with Crippen LogP contribution in [0.1, 0.15) is 56.4 Å². The molecule has 2 rings (SSSR count). The number of para-hydroxylation sites is 1. The average molecular weight is 324 g/mol. The van der Waals surface area contributed by atoms with Crippen LogP contribution in [0, 0.1) is 6.92 Å². The van der Waals surface area contributed by atoms with E-state index in [2.05, 4.69) is 73.1 Å². The zero-order chi connectivity index (χ0) is 17.7. The maximum Gasteiger partial charge on any atom is 0.229 e. The van der Waals surface area contributed by atoms with Crippen LogP contribution in [0.25, 0.3) is 0 Å². The summed E-state index contributed by atoms with van der Waals surface area (Å²) in [5.41, 5.74) is 4.62. The molecule has 1 aromatic carbocycles. The van der Waals surface area contributed by atoms with Crippen molar-refractivity contribution in [3.63, 3.8) is 0 Å². The first kappa shape index (κ1) is 18.0. The Kier molecular flexibility index (Phi) is 5.96. The van der Waals surface area contributed by atoms with Gasteiger partial charge in [-0.1, -0.05) is 52.0 Å². The normalized spacial score (nSPS) is 11.0. The van der Waals surface area contributed by atoms with E-state index < -0.39 is 0 Å². The Balaban J connectivity index is 2.43. The molecule has 0 amide bonds. The van der Waals surface area contributed by atoms with E-state index in [-0.39, 0.29) is 0 Å². The molecule has 0 unspecified atom stereocenters. The molecule has 0 fully saturated rings. The van der Waals surface area contributed by atoms with E-state index in [1.807, 2.05) is 19.1 Å². The number of hydrogen-bond acceptors (Lipinski definition) is 4. The number of aromatic nitrogens is 2. The maximum atomic E-state index is 4.59. The third-order valence-corrected chi connectivity index (χ3v) is 3.89. The fraction of sp³-hybridized carbons (Fsp3) is 0.400. The van der Waals surface area contributed by atoms with Crippen LogP contribution in [0.5, 0.6) is 0 Å². The Hall–Kier alpha value is -2.36. The summed E-state index contributed by atoms with van der Waals surface area (Å²) in [5, 5.41) is 6.70. The second-order valence-electron chi connectivity index (χ2n) is 6.63. The topological polar surface area (TPSA) is 49.8 Å². The standard InChI is InChI=1S/C20H28N4/c1-7-11-21-18-12-15(6)22-20(23-18)24-19-16(13(2)3)9-8-10-17(19)14(4)5/h7-10,12-14H,1,11H2,2-6H3,(H2,21,22,23,24). The van der Waals surface area contributed by atoms with Gasteiger partial charge in [-0.2, -0.15) is 4.98 Å². The second kappa shape index (κ2) is 7.95. The van der Waals surface area contributed by atoms with Crippen LogP contribution < -0.4 is 10.6 Å². The first-order valence-electron chi connectivity index (χ1n) is 8.52. The van der Waals surface area contributed by atoms with Crippen molar-refractivity contribution in [2.75, 3.05) is 17.2 Å². The molecule has 0 spiro atoms. The highest BCUT2D eigenvalue weighted by atomic mass is 15.1. The molecule has 1 heterocycles. The van der Waals surface area contributed by atoms with Crippen molar-refractivity contribution in [3.8, 4) is 0 Å². The summed E-state index contributed by atoms with van der Waals surface area (Å²) in [6, 6.07) is 8.41. The smallest absolute Gasteiger partial charge is 0.229 e. The summed E-state index contributed by atoms with van der Waals surface area (Å²) in [4.78, 5) is 9.14. The summed E-state index contributed by atoms with van der Waals surface area (Å²) >= 11 is 0. The molecule has 2 N–H and O–H groups in total. The molecule has 1 aromatic heterocycles. The van der Waals surface area contributed by atoms with Crippen LogP contribution in [0.3, 0.4) is 0 Å². The van der Waals surface area contributed by atoms with Crippen molar-refractivity contribution in [2.45, 2.75) is 46.5 Å². The molecule has 4 heteroatoms. The minimum absolute atomic E-state index is 0.425. The molecule has 0 bridgehead atoms. The lowest BCUT2D eigenvalue weighted by Crippen LogP contribution is -2.08. The van der Waals surface area contributed by atoms with E-state index >= 15 is 0 Å². The van der Waals surface area contributed by atoms with Crippen molar-refractivity contribution in [1.82, 2.24) is 9.97 Å². The number of nitrogens with one attached hydrogen (secondary N) is 2. The van der Waals surface area contributed by atoms with Crippen molar-refractivity contribution in [1.29, 1.82) is 0 Å². The number of anilines is 3. The van der Waals surface area contributed by atoms with Gasteiger partial charge in [-0.25, -0.2) is 4.98 Å². The van der Waals surface area contributed by atoms with Gasteiger partial charge in [0.25, 0.3) is 0 Å². The quantitative estimate of drug-likeness (QED) is 0.672. The van der Waals surface area contributed by atoms with Gasteiger partial charge in [-0.15, -0.1) is 6.58 Å². The van der Waals surface area contributed by atoms with Gasteiger partial charge in [0.05, 0.1) is 0 Å². The minimum Gasteiger partial charge on any atom is -0.366 e. The zero-order valence-corrected chi connectivity index (χ0v) is 15.4. The maximum absolute atomic E-state index is 4.59. The van der Waals surface area contributed by atoms with Crippen LogP contribution in [0.15, 0.2) is 36.9 Å². The molecule has 4 nitrogen and oxygen atoms in total. The highest BCUT2D eigenvalue weighted by Gasteiger charge is 2.15. The van der Waals surface area contributed by atoms with Gasteiger partial charge in [0.15, 0.2) is 0 Å². The molecule has 0 aliphatic rings. The monoisotopic (exact) mass is 324 g/mol. The van der Waals surface area contributed by atoms with Gasteiger partial charge in [0.2, 0.25) is 5.95 Å². The van der Waals surface area contributed by atoms with E-state index in [4.69, 9.17) is 0 Å². The SMILES string of the molecule is C=CCNc1cc(C)nc(Nc2c(C(C)C)cccc2C(C)C)n1. The summed E-state index contributed by atoms with van der Waals surface area (Å²) < 4.78 is 0. The molecule has 0 aliphatic carbocycles. The van der Waals surface area contributed by atoms with E-state index in [9.17, 15) is 0 Å². The molecular formula is C20H28N4. The lowest BCUT2D eigenvalue weighted by atomic mass is 9.93. The molecule has 0 aliphatic heterocycles. The third kappa shape index (κ3) is 4.34. The number of nitrogens with zero attached hydrogens (tertiary/aromatic N) is 2. The number of hydrogen-bond donors (Lipinski definition) is 2. The molecule has 0 saturated heterocycles. The second-order valence-corrected chi connectivity index (χ2v) is 6.63. The highest BCUT2D eigenvalue weighted by Crippen LogP contribution is 2.34. The highest BCUT2D eigenvalue weighted by molar-refractivity contribution is 5.66. The van der Waals surface area contributed by atoms with Crippen LogP contribution >= 0.6 is 0 Å². The number of aryl methyl sites for hydroxylation is 1. The third-order valence-electron chi connectivity index (χ3n) is 3.89. The molecule has 0 atom stereocenters. The van der Waals surface area contributed by atoms with Gasteiger partial charge in [0.1, 0.15) is 5.82 Å². The minimum atomic E-state index is 0.425. The zero-order valence-electron chi connectivity index (χ0n) is 15.4. The van der Waals surface area contributed by atoms with E-state index in [0.717, 1.165) is 17.2 Å². The van der Waals surface area contributed by atoms with Gasteiger partial charge >= 0.3 is 0 Å². The molecular weight excluding hydrogens is 296 g/mol. The van der Waals surface area contributed by atoms with E-state index in [1.54, 1.807) is 0 Å². The average Bonchev–Trinajstić information content (AvgIpc) is 2.52. The Morgan fingerprint density at radius 3 is 2.25 bits per heavy atom. The molecule has 2 aromatic rings. The number of benzene rings is 1. The van der Waals surface area contributed by atoms with Crippen molar-refractivity contribution >= 4 is 17.5 Å². The summed E-state index contributed by atoms with van der Waals surface area (Å²) in [6.07, 6.45) is 1.81. The van der Waals surface area contributed by atoms with Gasteiger partial charge < -0.3 is 10.6 Å². The Morgan fingerprint density at radius 2 is 1.71 bits per heavy atom. The summed E-state index contributed by atoms with van der Waals surface area (Å²) in [5.74, 6) is 2.28. The number of rotatable bonds is 7. The predicted octanol–water partition coefficient (Wildman–Crippen LogP) is 5.37. The Bertz CT molecular complexity index is 679. The molecule has 128 valence electrons. The van der Waals surface area contributed by atoms with Crippen molar-refractivity contribution < 1.29 is 0 Å². The van der Waals surface area contributed by atoms with Crippen molar-refractivity contribution in [3.05, 3.63) is 53.7 Å². The van der Waals surface area contributed by atoms with Gasteiger partial charge in [-0.05, 0) is 29.9 Å². The molecule has 0 saturated carbocycles. The van der Waals surface area contributed by atoms with E-state index in [0.29, 0.717) is 24.3 Å². The summed E-state index contributed by atoms with van der Waals surface area (Å²) in [7, 11) is 0. The van der Waals surface area contributed by atoms with E-state index in [1.165, 1.54) is 11.1 Å². The summed E-state index contributed by atoms with van der Waals surface area (Å²) in [6.45, 7) is 15.2. The Morgan fingerprint density at radius 1 is 1.08 bits per heavy atom. The fourth-order valence-electron chi connectivity index (χ4n) is 2.70. The molecule has 24 heavy (non-hydrogen) atoms. The first-order chi connectivity index (χ1) is 11.4. The largest absolute Gasteiger partial charge is 0.366 e. The Labute approximate surface area is 145 Å². The van der Waals surface area contributed by atoms with Crippen LogP contribution in [0.4, 0.5) is 17.5 Å².